The Labute approximate surface area is 150 Å². The second-order valence-electron chi connectivity index (χ2n) is 5.30. The fourth-order valence-corrected chi connectivity index (χ4v) is 2.67. The van der Waals surface area contributed by atoms with Crippen LogP contribution in [0.2, 0.25) is 0 Å². The summed E-state index contributed by atoms with van der Waals surface area (Å²) in [5.74, 6) is -1.62. The van der Waals surface area contributed by atoms with Crippen molar-refractivity contribution in [3.05, 3.63) is 62.4 Å². The van der Waals surface area contributed by atoms with Crippen molar-refractivity contribution < 1.29 is 18.7 Å². The van der Waals surface area contributed by atoms with Gasteiger partial charge in [-0.15, -0.1) is 0 Å². The molecule has 0 unspecified atom stereocenters. The first-order chi connectivity index (χ1) is 11.2. The molecule has 3 rings (SSSR count). The molecular formula is C17H15F2IN2O2. The monoisotopic (exact) mass is 444 g/mol. The number of fused-ring (bicyclic) bond motifs is 1. The molecule has 24 heavy (non-hydrogen) atoms. The molecule has 0 atom stereocenters. The molecule has 0 radical (unpaired) electrons. The van der Waals surface area contributed by atoms with Gasteiger partial charge in [0, 0.05) is 20.2 Å². The van der Waals surface area contributed by atoms with E-state index in [9.17, 15) is 13.6 Å². The third kappa shape index (κ3) is 4.02. The summed E-state index contributed by atoms with van der Waals surface area (Å²) in [6.45, 7) is 3.36. The van der Waals surface area contributed by atoms with Gasteiger partial charge in [0.15, 0.2) is 0 Å². The molecule has 3 aromatic rings. The van der Waals surface area contributed by atoms with E-state index in [0.29, 0.717) is 27.7 Å². The number of aromatic carboxylic acids is 1. The minimum Gasteiger partial charge on any atom is -0.477 e. The summed E-state index contributed by atoms with van der Waals surface area (Å²) < 4.78 is 26.7. The number of carboxylic acid groups (broad SMARTS) is 1. The number of aromatic nitrogens is 1. The van der Waals surface area contributed by atoms with Crippen molar-refractivity contribution in [2.45, 2.75) is 13.8 Å². The summed E-state index contributed by atoms with van der Waals surface area (Å²) in [5, 5.41) is 9.41. The van der Waals surface area contributed by atoms with Crippen LogP contribution in [0.4, 0.5) is 14.5 Å². The van der Waals surface area contributed by atoms with Crippen molar-refractivity contribution in [2.75, 3.05) is 5.73 Å². The average molecular weight is 444 g/mol. The van der Waals surface area contributed by atoms with Gasteiger partial charge in [-0.25, -0.2) is 13.6 Å². The Morgan fingerprint density at radius 1 is 1.08 bits per heavy atom. The van der Waals surface area contributed by atoms with Crippen LogP contribution in [-0.4, -0.2) is 16.1 Å². The normalized spacial score (nSPS) is 10.4. The lowest BCUT2D eigenvalue weighted by Crippen LogP contribution is -1.94. The Bertz CT molecular complexity index is 833. The van der Waals surface area contributed by atoms with Crippen LogP contribution in [0, 0.1) is 29.1 Å². The van der Waals surface area contributed by atoms with E-state index in [1.54, 1.807) is 26.0 Å². The van der Waals surface area contributed by atoms with E-state index >= 15 is 0 Å². The summed E-state index contributed by atoms with van der Waals surface area (Å²) in [6, 6.07) is 7.48. The summed E-state index contributed by atoms with van der Waals surface area (Å²) in [4.78, 5) is 13.2. The second kappa shape index (κ2) is 7.16. The van der Waals surface area contributed by atoms with Crippen LogP contribution in [0.15, 0.2) is 30.3 Å². The molecule has 0 spiro atoms. The number of carboxylic acids is 1. The zero-order chi connectivity index (χ0) is 18.0. The maximum Gasteiger partial charge on any atom is 0.352 e. The van der Waals surface area contributed by atoms with Crippen LogP contribution >= 0.6 is 22.6 Å². The summed E-state index contributed by atoms with van der Waals surface area (Å²) in [6.07, 6.45) is 0. The third-order valence-corrected chi connectivity index (χ3v) is 4.34. The molecule has 2 aromatic carbocycles. The Balaban J connectivity index is 0.000000185. The van der Waals surface area contributed by atoms with Crippen molar-refractivity contribution in [3.63, 3.8) is 0 Å². The smallest absolute Gasteiger partial charge is 0.352 e. The number of rotatable bonds is 1. The van der Waals surface area contributed by atoms with Gasteiger partial charge in [-0.1, -0.05) is 0 Å². The van der Waals surface area contributed by atoms with E-state index in [0.717, 1.165) is 3.57 Å². The molecule has 0 aliphatic carbocycles. The number of nitrogens with two attached hydrogens (primary N) is 1. The number of H-pyrrole nitrogens is 1. The van der Waals surface area contributed by atoms with Crippen molar-refractivity contribution >= 4 is 45.2 Å². The van der Waals surface area contributed by atoms with Crippen LogP contribution in [0.1, 0.15) is 21.6 Å². The minimum atomic E-state index is -1.04. The molecular weight excluding hydrogens is 429 g/mol. The summed E-state index contributed by atoms with van der Waals surface area (Å²) in [7, 11) is 0. The lowest BCUT2D eigenvalue weighted by atomic mass is 10.1. The Morgan fingerprint density at radius 3 is 2.25 bits per heavy atom. The largest absolute Gasteiger partial charge is 0.477 e. The third-order valence-electron chi connectivity index (χ3n) is 3.41. The van der Waals surface area contributed by atoms with E-state index in [1.807, 2.05) is 0 Å². The fourth-order valence-electron chi connectivity index (χ4n) is 2.05. The van der Waals surface area contributed by atoms with Gasteiger partial charge in [-0.2, -0.15) is 0 Å². The molecule has 0 fully saturated rings. The number of nitrogen functional groups attached to an aromatic ring is 1. The van der Waals surface area contributed by atoms with Crippen LogP contribution in [0.25, 0.3) is 10.9 Å². The van der Waals surface area contributed by atoms with Crippen LogP contribution in [0.5, 0.6) is 0 Å². The fraction of sp³-hybridized carbons (Fsp3) is 0.118. The second-order valence-corrected chi connectivity index (χ2v) is 6.46. The van der Waals surface area contributed by atoms with E-state index in [1.165, 1.54) is 18.2 Å². The number of nitrogens with one attached hydrogen (secondary N) is 1. The highest BCUT2D eigenvalue weighted by Crippen LogP contribution is 2.20. The number of carbonyl (C=O) groups is 1. The van der Waals surface area contributed by atoms with Gasteiger partial charge in [-0.05, 0) is 77.9 Å². The van der Waals surface area contributed by atoms with E-state index in [2.05, 4.69) is 27.6 Å². The average Bonchev–Trinajstić information content (AvgIpc) is 2.89. The Morgan fingerprint density at radius 2 is 1.67 bits per heavy atom. The molecule has 0 aliphatic heterocycles. The first-order valence-corrected chi connectivity index (χ1v) is 8.00. The molecule has 1 heterocycles. The molecule has 0 amide bonds. The van der Waals surface area contributed by atoms with Gasteiger partial charge in [-0.3, -0.25) is 0 Å². The van der Waals surface area contributed by atoms with Gasteiger partial charge < -0.3 is 15.8 Å². The molecule has 4 nitrogen and oxygen atoms in total. The standard InChI is InChI=1S/C10H8FNO2.C7H7FIN/c1-5-2-6-3-9(10(13)14)12-8(6)4-7(5)11;1-4-2-6(9)7(10)3-5(4)8/h2-4,12H,1H3,(H,13,14);2-3H,10H2,1H3. The highest BCUT2D eigenvalue weighted by molar-refractivity contribution is 14.1. The summed E-state index contributed by atoms with van der Waals surface area (Å²) in [5.41, 5.74) is 7.67. The van der Waals surface area contributed by atoms with E-state index in [4.69, 9.17) is 10.8 Å². The SMILES string of the molecule is Cc1cc(I)c(N)cc1F.Cc1cc2cc(C(=O)O)[nH]c2cc1F. The predicted octanol–water partition coefficient (Wildman–Crippen LogP) is 4.63. The Kier molecular flexibility index (Phi) is 5.43. The van der Waals surface area contributed by atoms with Crippen LogP contribution in [0.3, 0.4) is 0 Å². The topological polar surface area (TPSA) is 79.1 Å². The first-order valence-electron chi connectivity index (χ1n) is 6.92. The van der Waals surface area contributed by atoms with Crippen LogP contribution < -0.4 is 5.73 Å². The maximum atomic E-state index is 13.1. The number of anilines is 1. The predicted molar refractivity (Wildman–Crippen MR) is 98.2 cm³/mol. The zero-order valence-electron chi connectivity index (χ0n) is 13.0. The summed E-state index contributed by atoms with van der Waals surface area (Å²) >= 11 is 2.07. The van der Waals surface area contributed by atoms with Gasteiger partial charge >= 0.3 is 5.97 Å². The van der Waals surface area contributed by atoms with Crippen molar-refractivity contribution in [2.24, 2.45) is 0 Å². The molecule has 0 saturated carbocycles. The maximum absolute atomic E-state index is 13.1. The molecule has 126 valence electrons. The number of aryl methyl sites for hydroxylation is 2. The van der Waals surface area contributed by atoms with Gasteiger partial charge in [0.2, 0.25) is 0 Å². The highest BCUT2D eigenvalue weighted by Gasteiger charge is 2.08. The zero-order valence-corrected chi connectivity index (χ0v) is 15.1. The van der Waals surface area contributed by atoms with Crippen molar-refractivity contribution in [1.29, 1.82) is 0 Å². The van der Waals surface area contributed by atoms with E-state index < -0.39 is 5.97 Å². The molecule has 4 N–H and O–H groups in total. The van der Waals surface area contributed by atoms with Gasteiger partial charge in [0.05, 0.1) is 0 Å². The molecule has 0 bridgehead atoms. The minimum absolute atomic E-state index is 0.0741. The quantitative estimate of drug-likeness (QED) is 0.378. The number of hydrogen-bond acceptors (Lipinski definition) is 2. The first kappa shape index (κ1) is 18.2. The molecule has 0 saturated heterocycles. The van der Waals surface area contributed by atoms with Crippen LogP contribution in [-0.2, 0) is 0 Å². The molecule has 0 aliphatic rings. The lowest BCUT2D eigenvalue weighted by molar-refractivity contribution is 0.0691. The number of hydrogen-bond donors (Lipinski definition) is 3. The number of benzene rings is 2. The molecule has 1 aromatic heterocycles. The van der Waals surface area contributed by atoms with Crippen molar-refractivity contribution in [3.8, 4) is 0 Å². The Hall–Kier alpha value is -2.16. The molecule has 7 heteroatoms. The van der Waals surface area contributed by atoms with Gasteiger partial charge in [0.25, 0.3) is 0 Å². The van der Waals surface area contributed by atoms with Crippen molar-refractivity contribution in [1.82, 2.24) is 4.98 Å². The van der Waals surface area contributed by atoms with Gasteiger partial charge in [0.1, 0.15) is 17.3 Å². The number of halogens is 3. The highest BCUT2D eigenvalue weighted by atomic mass is 127. The van der Waals surface area contributed by atoms with E-state index in [-0.39, 0.29) is 17.3 Å². The lowest BCUT2D eigenvalue weighted by Gasteiger charge is -1.99. The number of aromatic amines is 1.